The molecule has 0 rings (SSSR count). The average molecular weight is 370 g/mol. The van der Waals surface area contributed by atoms with Crippen LogP contribution in [-0.4, -0.2) is 54.2 Å². The lowest BCUT2D eigenvalue weighted by Gasteiger charge is -2.41. The normalized spacial score (nSPS) is 13.3. The Morgan fingerprint density at radius 2 is 1.50 bits per heavy atom. The van der Waals surface area contributed by atoms with Crippen molar-refractivity contribution in [2.75, 3.05) is 34.4 Å². The zero-order valence-corrected chi connectivity index (χ0v) is 17.2. The topological polar surface area (TPSA) is 18.5 Å². The van der Waals surface area contributed by atoms with Gasteiger partial charge in [0.1, 0.15) is 0 Å². The maximum absolute atomic E-state index is 5.41. The molecule has 1 atom stereocenters. The molecule has 0 fully saturated rings. The summed E-state index contributed by atoms with van der Waals surface area (Å²) in [5.74, 6) is 0. The van der Waals surface area contributed by atoms with Gasteiger partial charge in [0, 0.05) is 14.2 Å². The molecule has 0 saturated heterocycles. The molecule has 0 heterocycles. The van der Waals surface area contributed by atoms with E-state index in [9.17, 15) is 0 Å². The van der Waals surface area contributed by atoms with E-state index in [1.807, 2.05) is 0 Å². The molecule has 5 heteroatoms. The third kappa shape index (κ3) is 8.13. The van der Waals surface area contributed by atoms with E-state index in [-0.39, 0.29) is 17.0 Å². The van der Waals surface area contributed by atoms with Gasteiger partial charge >= 0.3 is 9.28 Å². The minimum atomic E-state index is -1.36. The summed E-state index contributed by atoms with van der Waals surface area (Å²) < 4.78 is 12.1. The van der Waals surface area contributed by atoms with E-state index in [0.29, 0.717) is 0 Å². The lowest BCUT2D eigenvalue weighted by molar-refractivity contribution is -0.934. The van der Waals surface area contributed by atoms with Gasteiger partial charge in [-0.05, 0) is 38.1 Å². The molecule has 0 radical (unpaired) electrons. The molecular formula is C15H36BrNO2Si. The van der Waals surface area contributed by atoms with Gasteiger partial charge in [-0.15, -0.1) is 0 Å². The van der Waals surface area contributed by atoms with Crippen LogP contribution in [0.25, 0.3) is 0 Å². The minimum absolute atomic E-state index is 0. The van der Waals surface area contributed by atoms with Crippen molar-refractivity contribution in [1.29, 1.82) is 0 Å². The molecule has 1 unspecified atom stereocenters. The maximum Gasteiger partial charge on any atom is 0.320 e. The van der Waals surface area contributed by atoms with Crippen LogP contribution < -0.4 is 17.0 Å². The minimum Gasteiger partial charge on any atom is -1.00 e. The second-order valence-corrected chi connectivity index (χ2v) is 8.20. The van der Waals surface area contributed by atoms with Crippen molar-refractivity contribution in [3.8, 4) is 0 Å². The molecule has 3 nitrogen and oxygen atoms in total. The van der Waals surface area contributed by atoms with Gasteiger partial charge in [0.2, 0.25) is 0 Å². The first-order valence-electron chi connectivity index (χ1n) is 7.97. The Hall–Kier alpha value is 0.577. The zero-order chi connectivity index (χ0) is 14.7. The van der Waals surface area contributed by atoms with Crippen LogP contribution in [0.5, 0.6) is 0 Å². The van der Waals surface area contributed by atoms with Gasteiger partial charge in [-0.3, -0.25) is 0 Å². The predicted molar refractivity (Wildman–Crippen MR) is 85.8 cm³/mol. The second kappa shape index (κ2) is 13.3. The van der Waals surface area contributed by atoms with Crippen LogP contribution in [0, 0.1) is 0 Å². The fourth-order valence-corrected chi connectivity index (χ4v) is 4.54. The molecule has 0 bridgehead atoms. The summed E-state index contributed by atoms with van der Waals surface area (Å²) in [4.78, 5) is 0. The first-order chi connectivity index (χ1) is 9.07. The van der Waals surface area contributed by atoms with Crippen LogP contribution in [0.3, 0.4) is 0 Å². The summed E-state index contributed by atoms with van der Waals surface area (Å²) in [6.07, 6.45) is 6.39. The van der Waals surface area contributed by atoms with Gasteiger partial charge in [-0.25, -0.2) is 0 Å². The van der Waals surface area contributed by atoms with Crippen molar-refractivity contribution in [3.05, 3.63) is 0 Å². The van der Waals surface area contributed by atoms with E-state index in [0.717, 1.165) is 12.1 Å². The number of rotatable bonds is 12. The Kier molecular flexibility index (Phi) is 15.1. The van der Waals surface area contributed by atoms with Crippen molar-refractivity contribution < 1.29 is 30.3 Å². The van der Waals surface area contributed by atoms with E-state index in [2.05, 4.69) is 27.8 Å². The fourth-order valence-electron chi connectivity index (χ4n) is 3.31. The largest absolute Gasteiger partial charge is 1.00 e. The number of quaternary nitrogens is 1. The van der Waals surface area contributed by atoms with Crippen LogP contribution in [0.15, 0.2) is 0 Å². The molecule has 124 valence electrons. The van der Waals surface area contributed by atoms with E-state index < -0.39 is 9.28 Å². The molecule has 0 spiro atoms. The smallest absolute Gasteiger partial charge is 0.320 e. The summed E-state index contributed by atoms with van der Waals surface area (Å²) in [5, 5.41) is 0. The standard InChI is InChI=1S/C15H36NO2Si.BrH/c1-7-12-16(4,13-8-2)15(9-3)11-10-14-19(17-5)18-6;/h15,19H,7-14H2,1-6H3;1H/q+1;/p-1. The molecule has 0 aliphatic carbocycles. The zero-order valence-electron chi connectivity index (χ0n) is 14.5. The highest BCUT2D eigenvalue weighted by atomic mass is 79.9. The molecule has 0 saturated carbocycles. The predicted octanol–water partition coefficient (Wildman–Crippen LogP) is 0.329. The number of hydrogen-bond donors (Lipinski definition) is 0. The first-order valence-corrected chi connectivity index (χ1v) is 9.73. The van der Waals surface area contributed by atoms with Gasteiger partial charge in [0.15, 0.2) is 0 Å². The Morgan fingerprint density at radius 3 is 1.85 bits per heavy atom. The van der Waals surface area contributed by atoms with Crippen LogP contribution in [-0.2, 0) is 8.85 Å². The Bertz CT molecular complexity index is 210. The third-order valence-corrected chi connectivity index (χ3v) is 6.26. The lowest BCUT2D eigenvalue weighted by atomic mass is 10.0. The summed E-state index contributed by atoms with van der Waals surface area (Å²) in [7, 11) is 4.66. The molecule has 20 heavy (non-hydrogen) atoms. The van der Waals surface area contributed by atoms with Crippen LogP contribution in [0.4, 0.5) is 0 Å². The molecule has 0 aliphatic heterocycles. The van der Waals surface area contributed by atoms with E-state index in [4.69, 9.17) is 8.85 Å². The maximum atomic E-state index is 5.41. The third-order valence-electron chi connectivity index (χ3n) is 4.32. The van der Waals surface area contributed by atoms with Crippen molar-refractivity contribution in [1.82, 2.24) is 0 Å². The fraction of sp³-hybridized carbons (Fsp3) is 1.00. The lowest BCUT2D eigenvalue weighted by Crippen LogP contribution is -3.00. The summed E-state index contributed by atoms with van der Waals surface area (Å²) in [6, 6.07) is 1.94. The monoisotopic (exact) mass is 369 g/mol. The molecular weight excluding hydrogens is 334 g/mol. The highest BCUT2D eigenvalue weighted by Crippen LogP contribution is 2.21. The average Bonchev–Trinajstić information content (AvgIpc) is 2.39. The van der Waals surface area contributed by atoms with Crippen molar-refractivity contribution in [2.24, 2.45) is 0 Å². The molecule has 0 amide bonds. The van der Waals surface area contributed by atoms with Gasteiger partial charge in [-0.1, -0.05) is 20.8 Å². The molecule has 0 aliphatic rings. The second-order valence-electron chi connectivity index (χ2n) is 5.82. The Labute approximate surface area is 139 Å². The highest BCUT2D eigenvalue weighted by Gasteiger charge is 2.29. The molecule has 0 aromatic heterocycles. The summed E-state index contributed by atoms with van der Waals surface area (Å²) in [5.41, 5.74) is 0. The molecule has 0 aromatic rings. The summed E-state index contributed by atoms with van der Waals surface area (Å²) in [6.45, 7) is 9.56. The van der Waals surface area contributed by atoms with Gasteiger partial charge in [-0.2, -0.15) is 0 Å². The van der Waals surface area contributed by atoms with Gasteiger partial charge in [0.25, 0.3) is 0 Å². The van der Waals surface area contributed by atoms with Crippen molar-refractivity contribution in [3.63, 3.8) is 0 Å². The van der Waals surface area contributed by atoms with Crippen LogP contribution in [0.2, 0.25) is 6.04 Å². The van der Waals surface area contributed by atoms with Gasteiger partial charge < -0.3 is 30.3 Å². The van der Waals surface area contributed by atoms with Crippen molar-refractivity contribution in [2.45, 2.75) is 65.0 Å². The van der Waals surface area contributed by atoms with E-state index >= 15 is 0 Å². The molecule has 0 aromatic carbocycles. The number of nitrogens with zero attached hydrogens (tertiary/aromatic N) is 1. The first kappa shape index (κ1) is 22.9. The highest BCUT2D eigenvalue weighted by molar-refractivity contribution is 6.44. The Morgan fingerprint density at radius 1 is 1.00 bits per heavy atom. The quantitative estimate of drug-likeness (QED) is 0.364. The van der Waals surface area contributed by atoms with E-state index in [1.165, 1.54) is 49.7 Å². The van der Waals surface area contributed by atoms with Crippen LogP contribution in [0.1, 0.15) is 52.9 Å². The van der Waals surface area contributed by atoms with E-state index in [1.54, 1.807) is 14.2 Å². The molecule has 0 N–H and O–H groups in total. The number of halogens is 1. The van der Waals surface area contributed by atoms with Crippen LogP contribution >= 0.6 is 0 Å². The van der Waals surface area contributed by atoms with Gasteiger partial charge in [0.05, 0.1) is 26.2 Å². The van der Waals surface area contributed by atoms with Crippen molar-refractivity contribution >= 4 is 9.28 Å². The number of hydrogen-bond acceptors (Lipinski definition) is 2. The summed E-state index contributed by atoms with van der Waals surface area (Å²) >= 11 is 0. The SMILES string of the molecule is CCC[N+](C)(CCC)C(CC)CCC[SiH](OC)OC.[Br-]. The Balaban J connectivity index is 0.